The third-order valence-electron chi connectivity index (χ3n) is 5.24. The molecule has 0 aromatic heterocycles. The zero-order valence-corrected chi connectivity index (χ0v) is 13.3. The molecular weight excluding hydrogens is 218 g/mol. The third-order valence-corrected chi connectivity index (χ3v) is 5.24. The molecule has 0 saturated heterocycles. The van der Waals surface area contributed by atoms with Gasteiger partial charge in [-0.15, -0.1) is 0 Å². The van der Waals surface area contributed by atoms with Crippen LogP contribution in [0.15, 0.2) is 0 Å². The Bertz CT molecular complexity index is 212. The van der Waals surface area contributed by atoms with Gasteiger partial charge in [0.2, 0.25) is 0 Å². The van der Waals surface area contributed by atoms with Crippen molar-refractivity contribution < 1.29 is 0 Å². The molecule has 1 rings (SSSR count). The van der Waals surface area contributed by atoms with E-state index in [1.54, 1.807) is 0 Å². The highest BCUT2D eigenvalue weighted by molar-refractivity contribution is 4.87. The molecule has 0 amide bonds. The molecule has 1 fully saturated rings. The first-order valence-electron chi connectivity index (χ1n) is 8.31. The van der Waals surface area contributed by atoms with Crippen LogP contribution in [-0.4, -0.2) is 12.6 Å². The van der Waals surface area contributed by atoms with Gasteiger partial charge in [-0.2, -0.15) is 0 Å². The number of hydrogen-bond acceptors (Lipinski definition) is 1. The van der Waals surface area contributed by atoms with E-state index in [-0.39, 0.29) is 0 Å². The average Bonchev–Trinajstić information content (AvgIpc) is 2.82. The predicted molar refractivity (Wildman–Crippen MR) is 81.8 cm³/mol. The molecule has 4 atom stereocenters. The second-order valence-corrected chi connectivity index (χ2v) is 6.81. The fraction of sp³-hybridized carbons (Fsp3) is 1.00. The van der Waals surface area contributed by atoms with Gasteiger partial charge in [-0.1, -0.05) is 47.0 Å². The Morgan fingerprint density at radius 2 is 1.67 bits per heavy atom. The van der Waals surface area contributed by atoms with Crippen LogP contribution in [0.25, 0.3) is 0 Å². The topological polar surface area (TPSA) is 12.0 Å². The predicted octanol–water partition coefficient (Wildman–Crippen LogP) is 4.86. The summed E-state index contributed by atoms with van der Waals surface area (Å²) in [5.41, 5.74) is 0. The molecule has 0 bridgehead atoms. The molecule has 0 radical (unpaired) electrons. The molecule has 18 heavy (non-hydrogen) atoms. The molecular formula is C17H35N. The molecule has 1 aliphatic carbocycles. The van der Waals surface area contributed by atoms with Crippen LogP contribution in [0.2, 0.25) is 0 Å². The first kappa shape index (κ1) is 16.0. The van der Waals surface area contributed by atoms with Gasteiger partial charge in [0, 0.05) is 6.04 Å². The summed E-state index contributed by atoms with van der Waals surface area (Å²) in [7, 11) is 0. The molecule has 0 aliphatic heterocycles. The summed E-state index contributed by atoms with van der Waals surface area (Å²) in [6.07, 6.45) is 8.41. The Labute approximate surface area is 115 Å². The van der Waals surface area contributed by atoms with E-state index in [4.69, 9.17) is 0 Å². The van der Waals surface area contributed by atoms with E-state index in [2.05, 4.69) is 39.9 Å². The molecule has 4 unspecified atom stereocenters. The summed E-state index contributed by atoms with van der Waals surface area (Å²) in [5.74, 6) is 3.60. The minimum atomic E-state index is 0.718. The number of nitrogens with one attached hydrogen (secondary N) is 1. The van der Waals surface area contributed by atoms with Crippen LogP contribution in [0, 0.1) is 23.7 Å². The van der Waals surface area contributed by atoms with Crippen molar-refractivity contribution in [2.45, 2.75) is 79.2 Å². The SMILES string of the molecule is CCCCCNC(C)C1CCCC1C(C)C(C)C. The maximum atomic E-state index is 3.78. The van der Waals surface area contributed by atoms with Crippen molar-refractivity contribution in [2.75, 3.05) is 6.54 Å². The average molecular weight is 253 g/mol. The molecule has 1 nitrogen and oxygen atoms in total. The van der Waals surface area contributed by atoms with Crippen LogP contribution in [-0.2, 0) is 0 Å². The van der Waals surface area contributed by atoms with Crippen LogP contribution in [0.3, 0.4) is 0 Å². The van der Waals surface area contributed by atoms with Crippen molar-refractivity contribution in [2.24, 2.45) is 23.7 Å². The minimum absolute atomic E-state index is 0.718. The quantitative estimate of drug-likeness (QED) is 0.609. The fourth-order valence-electron chi connectivity index (χ4n) is 3.64. The first-order valence-corrected chi connectivity index (χ1v) is 8.31. The molecule has 0 spiro atoms. The lowest BCUT2D eigenvalue weighted by Gasteiger charge is -2.33. The van der Waals surface area contributed by atoms with Crippen molar-refractivity contribution in [3.05, 3.63) is 0 Å². The van der Waals surface area contributed by atoms with Crippen LogP contribution in [0.5, 0.6) is 0 Å². The number of hydrogen-bond donors (Lipinski definition) is 1. The molecule has 1 aliphatic rings. The highest BCUT2D eigenvalue weighted by Gasteiger charge is 2.35. The van der Waals surface area contributed by atoms with Crippen molar-refractivity contribution in [1.29, 1.82) is 0 Å². The Balaban J connectivity index is 2.38. The zero-order valence-electron chi connectivity index (χ0n) is 13.3. The Kier molecular flexibility index (Phi) is 7.29. The van der Waals surface area contributed by atoms with Gasteiger partial charge in [-0.05, 0) is 56.4 Å². The number of unbranched alkanes of at least 4 members (excludes halogenated alkanes) is 2. The normalized spacial score (nSPS) is 27.7. The van der Waals surface area contributed by atoms with Gasteiger partial charge < -0.3 is 5.32 Å². The van der Waals surface area contributed by atoms with Gasteiger partial charge in [0.1, 0.15) is 0 Å². The van der Waals surface area contributed by atoms with E-state index in [1.807, 2.05) is 0 Å². The lowest BCUT2D eigenvalue weighted by atomic mass is 9.76. The third kappa shape index (κ3) is 4.57. The van der Waals surface area contributed by atoms with E-state index < -0.39 is 0 Å². The van der Waals surface area contributed by atoms with Gasteiger partial charge in [0.05, 0.1) is 0 Å². The molecule has 0 aromatic carbocycles. The maximum Gasteiger partial charge on any atom is 0.00697 e. The summed E-state index contributed by atoms with van der Waals surface area (Å²) >= 11 is 0. The molecule has 1 saturated carbocycles. The van der Waals surface area contributed by atoms with Gasteiger partial charge >= 0.3 is 0 Å². The summed E-state index contributed by atoms with van der Waals surface area (Å²) in [5, 5.41) is 3.78. The Morgan fingerprint density at radius 3 is 2.28 bits per heavy atom. The standard InChI is InChI=1S/C17H35N/c1-6-7-8-12-18-15(5)17-11-9-10-16(17)14(4)13(2)3/h13-18H,6-12H2,1-5H3. The lowest BCUT2D eigenvalue weighted by Crippen LogP contribution is -2.38. The minimum Gasteiger partial charge on any atom is -0.314 e. The van der Waals surface area contributed by atoms with Gasteiger partial charge in [0.25, 0.3) is 0 Å². The van der Waals surface area contributed by atoms with Crippen molar-refractivity contribution in [3.8, 4) is 0 Å². The fourth-order valence-corrected chi connectivity index (χ4v) is 3.64. The highest BCUT2D eigenvalue weighted by Crippen LogP contribution is 2.41. The second-order valence-electron chi connectivity index (χ2n) is 6.81. The van der Waals surface area contributed by atoms with Crippen molar-refractivity contribution in [1.82, 2.24) is 5.32 Å². The van der Waals surface area contributed by atoms with E-state index in [0.717, 1.165) is 29.7 Å². The Hall–Kier alpha value is -0.0400. The summed E-state index contributed by atoms with van der Waals surface area (Å²) in [4.78, 5) is 0. The monoisotopic (exact) mass is 253 g/mol. The molecule has 108 valence electrons. The van der Waals surface area contributed by atoms with E-state index >= 15 is 0 Å². The second kappa shape index (κ2) is 8.19. The molecule has 1 N–H and O–H groups in total. The van der Waals surface area contributed by atoms with E-state index in [1.165, 1.54) is 45.1 Å². The summed E-state index contributed by atoms with van der Waals surface area (Å²) < 4.78 is 0. The van der Waals surface area contributed by atoms with Crippen LogP contribution >= 0.6 is 0 Å². The smallest absolute Gasteiger partial charge is 0.00697 e. The molecule has 0 aromatic rings. The molecule has 1 heteroatoms. The lowest BCUT2D eigenvalue weighted by molar-refractivity contribution is 0.189. The largest absolute Gasteiger partial charge is 0.314 e. The van der Waals surface area contributed by atoms with Gasteiger partial charge in [0.15, 0.2) is 0 Å². The number of rotatable bonds is 8. The maximum absolute atomic E-state index is 3.78. The summed E-state index contributed by atoms with van der Waals surface area (Å²) in [6, 6.07) is 0.718. The van der Waals surface area contributed by atoms with Crippen molar-refractivity contribution >= 4 is 0 Å². The van der Waals surface area contributed by atoms with E-state index in [9.17, 15) is 0 Å². The first-order chi connectivity index (χ1) is 8.57. The summed E-state index contributed by atoms with van der Waals surface area (Å²) in [6.45, 7) is 13.2. The van der Waals surface area contributed by atoms with Crippen LogP contribution in [0.4, 0.5) is 0 Å². The van der Waals surface area contributed by atoms with Crippen LogP contribution < -0.4 is 5.32 Å². The van der Waals surface area contributed by atoms with E-state index in [0.29, 0.717) is 0 Å². The molecule has 0 heterocycles. The Morgan fingerprint density at radius 1 is 1.00 bits per heavy atom. The zero-order chi connectivity index (χ0) is 13.5. The van der Waals surface area contributed by atoms with Crippen molar-refractivity contribution in [3.63, 3.8) is 0 Å². The van der Waals surface area contributed by atoms with Crippen LogP contribution in [0.1, 0.15) is 73.1 Å². The highest BCUT2D eigenvalue weighted by atomic mass is 14.9. The van der Waals surface area contributed by atoms with Gasteiger partial charge in [-0.25, -0.2) is 0 Å². The van der Waals surface area contributed by atoms with Gasteiger partial charge in [-0.3, -0.25) is 0 Å².